The van der Waals surface area contributed by atoms with Crippen LogP contribution in [0.5, 0.6) is 5.75 Å². The number of amides is 1. The predicted molar refractivity (Wildman–Crippen MR) is 83.8 cm³/mol. The van der Waals surface area contributed by atoms with Crippen LogP contribution in [-0.4, -0.2) is 18.4 Å². The molecule has 0 bridgehead atoms. The summed E-state index contributed by atoms with van der Waals surface area (Å²) in [6.45, 7) is 1.30. The lowest BCUT2D eigenvalue weighted by Gasteiger charge is -2.37. The van der Waals surface area contributed by atoms with Crippen LogP contribution in [0.3, 0.4) is 0 Å². The first kappa shape index (κ1) is 15.1. The Hall–Kier alpha value is -1.84. The highest BCUT2D eigenvalue weighted by Crippen LogP contribution is 2.45. The van der Waals surface area contributed by atoms with Crippen molar-refractivity contribution in [2.45, 2.75) is 51.4 Å². The second-order valence-electron chi connectivity index (χ2n) is 6.43. The van der Waals surface area contributed by atoms with E-state index in [1.807, 2.05) is 12.1 Å². The molecule has 4 heteroatoms. The van der Waals surface area contributed by atoms with Crippen LogP contribution >= 0.6 is 0 Å². The number of hydrogen-bond donors (Lipinski definition) is 1. The number of ether oxygens (including phenoxy) is 1. The summed E-state index contributed by atoms with van der Waals surface area (Å²) in [7, 11) is 0. The van der Waals surface area contributed by atoms with Crippen LogP contribution in [-0.2, 0) is 16.0 Å². The minimum atomic E-state index is -0.425. The molecule has 22 heavy (non-hydrogen) atoms. The fourth-order valence-corrected chi connectivity index (χ4v) is 3.88. The summed E-state index contributed by atoms with van der Waals surface area (Å²) in [5, 5.41) is 2.46. The molecule has 0 radical (unpaired) electrons. The summed E-state index contributed by atoms with van der Waals surface area (Å²) in [4.78, 5) is 22.6. The van der Waals surface area contributed by atoms with Crippen molar-refractivity contribution >= 4 is 11.9 Å². The monoisotopic (exact) mass is 301 g/mol. The van der Waals surface area contributed by atoms with E-state index in [2.05, 4.69) is 11.4 Å². The van der Waals surface area contributed by atoms with Crippen LogP contribution in [0.2, 0.25) is 0 Å². The Kier molecular flexibility index (Phi) is 4.46. The molecular weight excluding hydrogens is 278 g/mol. The van der Waals surface area contributed by atoms with Crippen LogP contribution in [0.4, 0.5) is 0 Å². The Bertz CT molecular complexity index is 582. The van der Waals surface area contributed by atoms with Crippen molar-refractivity contribution in [2.24, 2.45) is 5.92 Å². The zero-order chi connectivity index (χ0) is 15.5. The zero-order valence-electron chi connectivity index (χ0n) is 13.1. The van der Waals surface area contributed by atoms with E-state index in [1.165, 1.54) is 50.2 Å². The molecule has 4 nitrogen and oxygen atoms in total. The van der Waals surface area contributed by atoms with Gasteiger partial charge in [0.2, 0.25) is 5.91 Å². The summed E-state index contributed by atoms with van der Waals surface area (Å²) >= 11 is 0. The molecule has 0 spiro atoms. The standard InChI is InChI=1S/C18H23NO3/c1-12(20)19-11-18(21)22-15-9-8-14-7-6-13-4-2-3-5-16(13)17(14)10-15/h8-10,13,16H,2-7,11H2,1H3,(H,19,20). The summed E-state index contributed by atoms with van der Waals surface area (Å²) in [5.41, 5.74) is 2.78. The van der Waals surface area contributed by atoms with Crippen molar-refractivity contribution in [2.75, 3.05) is 6.54 Å². The molecule has 2 unspecified atom stereocenters. The Labute approximate surface area is 131 Å². The predicted octanol–water partition coefficient (Wildman–Crippen LogP) is 2.95. The highest BCUT2D eigenvalue weighted by Gasteiger charge is 2.31. The Morgan fingerprint density at radius 1 is 1.23 bits per heavy atom. The van der Waals surface area contributed by atoms with Gasteiger partial charge in [0.1, 0.15) is 12.3 Å². The van der Waals surface area contributed by atoms with Gasteiger partial charge < -0.3 is 10.1 Å². The molecule has 0 saturated heterocycles. The van der Waals surface area contributed by atoms with E-state index in [4.69, 9.17) is 4.74 Å². The number of carbonyl (C=O) groups excluding carboxylic acids is 2. The van der Waals surface area contributed by atoms with Crippen LogP contribution in [0.1, 0.15) is 56.1 Å². The van der Waals surface area contributed by atoms with E-state index >= 15 is 0 Å². The first-order chi connectivity index (χ1) is 10.6. The molecule has 1 N–H and O–H groups in total. The van der Waals surface area contributed by atoms with Crippen molar-refractivity contribution in [3.05, 3.63) is 29.3 Å². The Balaban J connectivity index is 1.72. The molecule has 0 aliphatic heterocycles. The lowest BCUT2D eigenvalue weighted by Crippen LogP contribution is -2.30. The summed E-state index contributed by atoms with van der Waals surface area (Å²) in [6.07, 6.45) is 7.66. The van der Waals surface area contributed by atoms with E-state index in [0.29, 0.717) is 11.7 Å². The van der Waals surface area contributed by atoms with Gasteiger partial charge in [-0.25, -0.2) is 4.79 Å². The van der Waals surface area contributed by atoms with Gasteiger partial charge in [-0.2, -0.15) is 0 Å². The summed E-state index contributed by atoms with van der Waals surface area (Å²) in [5.74, 6) is 1.37. The molecule has 1 fully saturated rings. The normalized spacial score (nSPS) is 23.1. The minimum absolute atomic E-state index is 0.0848. The lowest BCUT2D eigenvalue weighted by molar-refractivity contribution is -0.135. The van der Waals surface area contributed by atoms with Gasteiger partial charge in [-0.3, -0.25) is 4.79 Å². The largest absolute Gasteiger partial charge is 0.425 e. The number of benzene rings is 1. The highest BCUT2D eigenvalue weighted by atomic mass is 16.5. The number of aryl methyl sites for hydroxylation is 1. The molecule has 1 saturated carbocycles. The van der Waals surface area contributed by atoms with Gasteiger partial charge in [0.05, 0.1) is 0 Å². The third-order valence-corrected chi connectivity index (χ3v) is 4.92. The maximum Gasteiger partial charge on any atom is 0.330 e. The van der Waals surface area contributed by atoms with Crippen molar-refractivity contribution < 1.29 is 14.3 Å². The van der Waals surface area contributed by atoms with Crippen LogP contribution in [0.15, 0.2) is 18.2 Å². The third-order valence-electron chi connectivity index (χ3n) is 4.92. The third kappa shape index (κ3) is 3.32. The fourth-order valence-electron chi connectivity index (χ4n) is 3.88. The number of hydrogen-bond acceptors (Lipinski definition) is 3. The van der Waals surface area contributed by atoms with Gasteiger partial charge >= 0.3 is 5.97 Å². The van der Waals surface area contributed by atoms with Gasteiger partial charge in [-0.05, 0) is 60.8 Å². The molecule has 3 rings (SSSR count). The van der Waals surface area contributed by atoms with Crippen molar-refractivity contribution in [3.8, 4) is 5.75 Å². The Morgan fingerprint density at radius 2 is 2.05 bits per heavy atom. The molecule has 118 valence electrons. The average molecular weight is 301 g/mol. The van der Waals surface area contributed by atoms with E-state index < -0.39 is 5.97 Å². The van der Waals surface area contributed by atoms with E-state index in [1.54, 1.807) is 0 Å². The first-order valence-electron chi connectivity index (χ1n) is 8.21. The van der Waals surface area contributed by atoms with Crippen molar-refractivity contribution in [3.63, 3.8) is 0 Å². The molecule has 1 aromatic rings. The number of nitrogens with one attached hydrogen (secondary N) is 1. The SMILES string of the molecule is CC(=O)NCC(=O)Oc1ccc2c(c1)C1CCCCC1CC2. The lowest BCUT2D eigenvalue weighted by atomic mass is 9.68. The minimum Gasteiger partial charge on any atom is -0.425 e. The number of fused-ring (bicyclic) bond motifs is 3. The Morgan fingerprint density at radius 3 is 2.86 bits per heavy atom. The molecule has 0 heterocycles. The molecule has 1 aromatic carbocycles. The highest BCUT2D eigenvalue weighted by molar-refractivity contribution is 5.81. The van der Waals surface area contributed by atoms with Crippen molar-refractivity contribution in [1.29, 1.82) is 0 Å². The second kappa shape index (κ2) is 6.51. The first-order valence-corrected chi connectivity index (χ1v) is 8.21. The van der Waals surface area contributed by atoms with E-state index in [9.17, 15) is 9.59 Å². The summed E-state index contributed by atoms with van der Waals surface area (Å²) in [6, 6.07) is 6.01. The van der Waals surface area contributed by atoms with Gasteiger partial charge in [0.15, 0.2) is 0 Å². The molecule has 2 aliphatic rings. The quantitative estimate of drug-likeness (QED) is 0.690. The smallest absolute Gasteiger partial charge is 0.330 e. The van der Waals surface area contributed by atoms with Crippen LogP contribution in [0, 0.1) is 5.92 Å². The molecule has 2 aliphatic carbocycles. The van der Waals surface area contributed by atoms with Crippen LogP contribution in [0.25, 0.3) is 0 Å². The number of carbonyl (C=O) groups is 2. The molecule has 2 atom stereocenters. The maximum absolute atomic E-state index is 11.7. The fraction of sp³-hybridized carbons (Fsp3) is 0.556. The van der Waals surface area contributed by atoms with Gasteiger partial charge in [-0.15, -0.1) is 0 Å². The summed E-state index contributed by atoms with van der Waals surface area (Å²) < 4.78 is 5.36. The molecule has 1 amide bonds. The van der Waals surface area contributed by atoms with Crippen LogP contribution < -0.4 is 10.1 Å². The number of rotatable bonds is 3. The average Bonchev–Trinajstić information content (AvgIpc) is 2.53. The zero-order valence-corrected chi connectivity index (χ0v) is 13.1. The topological polar surface area (TPSA) is 55.4 Å². The maximum atomic E-state index is 11.7. The molecule has 0 aromatic heterocycles. The van der Waals surface area contributed by atoms with Gasteiger partial charge in [0, 0.05) is 6.92 Å². The van der Waals surface area contributed by atoms with Gasteiger partial charge in [0.25, 0.3) is 0 Å². The second-order valence-corrected chi connectivity index (χ2v) is 6.43. The van der Waals surface area contributed by atoms with Crippen molar-refractivity contribution in [1.82, 2.24) is 5.32 Å². The van der Waals surface area contributed by atoms with Gasteiger partial charge in [-0.1, -0.05) is 18.9 Å². The molecular formula is C18H23NO3. The number of esters is 1. The van der Waals surface area contributed by atoms with E-state index in [-0.39, 0.29) is 12.5 Å². The van der Waals surface area contributed by atoms with E-state index in [0.717, 1.165) is 12.3 Å².